The lowest BCUT2D eigenvalue weighted by Gasteiger charge is -2.39. The molecule has 0 aliphatic heterocycles. The molecule has 4 N–H and O–H groups in total. The predicted molar refractivity (Wildman–Crippen MR) is 87.0 cm³/mol. The van der Waals surface area contributed by atoms with Gasteiger partial charge in [-0.15, -0.1) is 0 Å². The Morgan fingerprint density at radius 1 is 1.19 bits per heavy atom. The molecule has 0 saturated heterocycles. The zero-order chi connectivity index (χ0) is 14.8. The summed E-state index contributed by atoms with van der Waals surface area (Å²) in [7, 11) is 0. The second-order valence-electron chi connectivity index (χ2n) is 5.59. The van der Waals surface area contributed by atoms with Gasteiger partial charge in [0, 0.05) is 29.2 Å². The molecular weight excluding hydrogens is 262 g/mol. The van der Waals surface area contributed by atoms with E-state index in [1.165, 1.54) is 19.3 Å². The van der Waals surface area contributed by atoms with Crippen LogP contribution < -0.4 is 10.6 Å². The molecule has 1 aliphatic carbocycles. The van der Waals surface area contributed by atoms with Crippen LogP contribution in [0.2, 0.25) is 0 Å². The van der Waals surface area contributed by atoms with Crippen LogP contribution in [0.15, 0.2) is 36.4 Å². The molecule has 0 aromatic heterocycles. The number of anilines is 1. The summed E-state index contributed by atoms with van der Waals surface area (Å²) in [5.41, 5.74) is 7.60. The SMILES string of the molecule is N=C(N)c1ccc(N(CCO)C2CCC2)c2ccccc12. The van der Waals surface area contributed by atoms with Gasteiger partial charge in [-0.3, -0.25) is 5.41 Å². The molecule has 0 spiro atoms. The third-order valence-corrected chi connectivity index (χ3v) is 4.36. The van der Waals surface area contributed by atoms with Crippen LogP contribution in [0, 0.1) is 5.41 Å². The Kier molecular flexibility index (Phi) is 3.80. The summed E-state index contributed by atoms with van der Waals surface area (Å²) < 4.78 is 0. The number of fused-ring (bicyclic) bond motifs is 1. The monoisotopic (exact) mass is 283 g/mol. The van der Waals surface area contributed by atoms with Gasteiger partial charge in [-0.2, -0.15) is 0 Å². The number of aliphatic hydroxyl groups excluding tert-OH is 1. The van der Waals surface area contributed by atoms with Crippen molar-refractivity contribution in [3.63, 3.8) is 0 Å². The lowest BCUT2D eigenvalue weighted by molar-refractivity contribution is 0.284. The van der Waals surface area contributed by atoms with E-state index in [0.29, 0.717) is 12.6 Å². The Hall–Kier alpha value is -2.07. The molecule has 1 fully saturated rings. The fourth-order valence-corrected chi connectivity index (χ4v) is 3.07. The molecule has 3 rings (SSSR count). The van der Waals surface area contributed by atoms with E-state index in [9.17, 15) is 5.11 Å². The lowest BCUT2D eigenvalue weighted by Crippen LogP contribution is -2.42. The molecule has 4 heteroatoms. The zero-order valence-electron chi connectivity index (χ0n) is 12.0. The summed E-state index contributed by atoms with van der Waals surface area (Å²) in [6.45, 7) is 0.799. The summed E-state index contributed by atoms with van der Waals surface area (Å²) in [6.07, 6.45) is 3.63. The summed E-state index contributed by atoms with van der Waals surface area (Å²) in [4.78, 5) is 2.30. The average Bonchev–Trinajstić information content (AvgIpc) is 2.43. The van der Waals surface area contributed by atoms with E-state index in [2.05, 4.69) is 11.0 Å². The quantitative estimate of drug-likeness (QED) is 0.583. The van der Waals surface area contributed by atoms with E-state index < -0.39 is 0 Å². The minimum Gasteiger partial charge on any atom is -0.395 e. The number of aliphatic hydroxyl groups is 1. The molecule has 0 atom stereocenters. The second kappa shape index (κ2) is 5.74. The maximum atomic E-state index is 9.39. The van der Waals surface area contributed by atoms with E-state index in [0.717, 1.165) is 22.0 Å². The summed E-state index contributed by atoms with van der Waals surface area (Å²) >= 11 is 0. The number of nitrogen functional groups attached to an aromatic ring is 1. The highest BCUT2D eigenvalue weighted by atomic mass is 16.3. The fraction of sp³-hybridized carbons (Fsp3) is 0.353. The van der Waals surface area contributed by atoms with Crippen molar-refractivity contribution >= 4 is 22.3 Å². The molecule has 4 nitrogen and oxygen atoms in total. The first-order valence-corrected chi connectivity index (χ1v) is 7.46. The number of amidine groups is 1. The van der Waals surface area contributed by atoms with Crippen LogP contribution in [0.5, 0.6) is 0 Å². The van der Waals surface area contributed by atoms with Gasteiger partial charge in [-0.25, -0.2) is 0 Å². The fourth-order valence-electron chi connectivity index (χ4n) is 3.07. The van der Waals surface area contributed by atoms with Crippen LogP contribution in [0.3, 0.4) is 0 Å². The Bertz CT molecular complexity index is 664. The lowest BCUT2D eigenvalue weighted by atomic mass is 9.90. The van der Waals surface area contributed by atoms with Gasteiger partial charge in [-0.05, 0) is 36.8 Å². The summed E-state index contributed by atoms with van der Waals surface area (Å²) in [5, 5.41) is 19.2. The number of nitrogens with zero attached hydrogens (tertiary/aromatic N) is 1. The van der Waals surface area contributed by atoms with Gasteiger partial charge in [0.1, 0.15) is 5.84 Å². The van der Waals surface area contributed by atoms with E-state index in [-0.39, 0.29) is 12.4 Å². The van der Waals surface area contributed by atoms with Gasteiger partial charge in [0.2, 0.25) is 0 Å². The molecule has 110 valence electrons. The maximum Gasteiger partial charge on any atom is 0.123 e. The largest absolute Gasteiger partial charge is 0.395 e. The molecule has 0 radical (unpaired) electrons. The highest BCUT2D eigenvalue weighted by Crippen LogP contribution is 2.35. The average molecular weight is 283 g/mol. The van der Waals surface area contributed by atoms with Gasteiger partial charge in [0.25, 0.3) is 0 Å². The summed E-state index contributed by atoms with van der Waals surface area (Å²) in [6, 6.07) is 12.5. The van der Waals surface area contributed by atoms with Crippen molar-refractivity contribution in [1.82, 2.24) is 0 Å². The van der Waals surface area contributed by atoms with Crippen molar-refractivity contribution in [1.29, 1.82) is 5.41 Å². The van der Waals surface area contributed by atoms with Gasteiger partial charge < -0.3 is 15.7 Å². The molecule has 0 amide bonds. The Morgan fingerprint density at radius 3 is 2.48 bits per heavy atom. The smallest absolute Gasteiger partial charge is 0.123 e. The van der Waals surface area contributed by atoms with Crippen LogP contribution in [-0.4, -0.2) is 30.1 Å². The molecule has 0 bridgehead atoms. The van der Waals surface area contributed by atoms with Gasteiger partial charge >= 0.3 is 0 Å². The summed E-state index contributed by atoms with van der Waals surface area (Å²) in [5.74, 6) is 0.0927. The van der Waals surface area contributed by atoms with Gasteiger partial charge in [0.05, 0.1) is 6.61 Å². The van der Waals surface area contributed by atoms with E-state index >= 15 is 0 Å². The topological polar surface area (TPSA) is 73.3 Å². The third-order valence-electron chi connectivity index (χ3n) is 4.36. The van der Waals surface area contributed by atoms with Crippen molar-refractivity contribution in [3.8, 4) is 0 Å². The van der Waals surface area contributed by atoms with E-state index in [4.69, 9.17) is 11.1 Å². The first kappa shape index (κ1) is 13.9. The van der Waals surface area contributed by atoms with E-state index in [1.807, 2.05) is 30.3 Å². The Morgan fingerprint density at radius 2 is 1.90 bits per heavy atom. The molecule has 21 heavy (non-hydrogen) atoms. The van der Waals surface area contributed by atoms with Crippen LogP contribution in [0.4, 0.5) is 5.69 Å². The van der Waals surface area contributed by atoms with Crippen molar-refractivity contribution < 1.29 is 5.11 Å². The first-order valence-electron chi connectivity index (χ1n) is 7.46. The zero-order valence-corrected chi connectivity index (χ0v) is 12.0. The third kappa shape index (κ3) is 2.47. The molecule has 1 saturated carbocycles. The maximum absolute atomic E-state index is 9.39. The minimum atomic E-state index is 0.0927. The van der Waals surface area contributed by atoms with Crippen molar-refractivity contribution in [2.24, 2.45) is 5.73 Å². The molecule has 2 aromatic rings. The molecular formula is C17H21N3O. The highest BCUT2D eigenvalue weighted by molar-refractivity contribution is 6.10. The number of hydrogen-bond acceptors (Lipinski definition) is 3. The molecule has 1 aliphatic rings. The van der Waals surface area contributed by atoms with Crippen molar-refractivity contribution in [3.05, 3.63) is 42.0 Å². The van der Waals surface area contributed by atoms with Crippen LogP contribution in [0.25, 0.3) is 10.8 Å². The van der Waals surface area contributed by atoms with Crippen molar-refractivity contribution in [2.45, 2.75) is 25.3 Å². The Balaban J connectivity index is 2.13. The van der Waals surface area contributed by atoms with E-state index in [1.54, 1.807) is 0 Å². The number of rotatable bonds is 5. The molecule has 0 unspecified atom stereocenters. The number of hydrogen-bond donors (Lipinski definition) is 3. The number of nitrogens with two attached hydrogens (primary N) is 1. The minimum absolute atomic E-state index is 0.0927. The first-order chi connectivity index (χ1) is 10.2. The normalized spacial score (nSPS) is 14.9. The molecule has 2 aromatic carbocycles. The number of benzene rings is 2. The number of nitrogens with one attached hydrogen (secondary N) is 1. The van der Waals surface area contributed by atoms with Gasteiger partial charge in [-0.1, -0.05) is 24.3 Å². The van der Waals surface area contributed by atoms with Gasteiger partial charge in [0.15, 0.2) is 0 Å². The van der Waals surface area contributed by atoms with Crippen LogP contribution >= 0.6 is 0 Å². The Labute approximate surface area is 124 Å². The predicted octanol–water partition coefficient (Wildman–Crippen LogP) is 2.48. The second-order valence-corrected chi connectivity index (χ2v) is 5.59. The van der Waals surface area contributed by atoms with Crippen LogP contribution in [0.1, 0.15) is 24.8 Å². The van der Waals surface area contributed by atoms with Crippen LogP contribution in [-0.2, 0) is 0 Å². The van der Waals surface area contributed by atoms with Crippen molar-refractivity contribution in [2.75, 3.05) is 18.1 Å². The molecule has 0 heterocycles. The standard InChI is InChI=1S/C17H21N3O/c18-17(19)15-8-9-16(14-7-2-1-6-13(14)15)20(10-11-21)12-4-3-5-12/h1-2,6-9,12,21H,3-5,10-11H2,(H3,18,19). The highest BCUT2D eigenvalue weighted by Gasteiger charge is 2.26.